The first-order chi connectivity index (χ1) is 32.4. The number of imidazole rings is 2. The number of methoxy groups -OCH3 is 3. The highest BCUT2D eigenvalue weighted by Crippen LogP contribution is 2.60. The largest absolute Gasteiger partial charge is 0.453 e. The summed E-state index contributed by atoms with van der Waals surface area (Å²) in [5.41, 5.74) is 9.24. The molecule has 3 fully saturated rings. The number of carbonyl (C=O) groups is 4. The van der Waals surface area contributed by atoms with E-state index in [0.29, 0.717) is 24.4 Å². The summed E-state index contributed by atoms with van der Waals surface area (Å²) < 4.78 is 15.6. The molecule has 0 radical (unpaired) electrons. The lowest BCUT2D eigenvalue weighted by atomic mass is 9.91. The van der Waals surface area contributed by atoms with Gasteiger partial charge in [-0.05, 0) is 103 Å². The van der Waals surface area contributed by atoms with Gasteiger partial charge in [-0.25, -0.2) is 19.6 Å². The number of aromatic nitrogens is 4. The molecule has 7 atom stereocenters. The molecule has 1 spiro atoms. The number of rotatable bonds is 11. The quantitative estimate of drug-likeness (QED) is 0.0991. The van der Waals surface area contributed by atoms with Crippen molar-refractivity contribution in [2.75, 3.05) is 27.9 Å². The van der Waals surface area contributed by atoms with E-state index in [-0.39, 0.29) is 47.4 Å². The molecule has 4 N–H and O–H groups in total. The Kier molecular flexibility index (Phi) is 11.5. The number of ether oxygens (including phenoxy) is 3. The lowest BCUT2D eigenvalue weighted by Crippen LogP contribution is -2.52. The molecule has 10 rings (SSSR count). The van der Waals surface area contributed by atoms with Gasteiger partial charge >= 0.3 is 12.2 Å². The average molecular weight is 907 g/mol. The molecule has 6 aromatic rings. The van der Waals surface area contributed by atoms with E-state index < -0.39 is 24.3 Å². The highest BCUT2D eigenvalue weighted by Gasteiger charge is 2.63. The third-order valence-electron chi connectivity index (χ3n) is 14.9. The highest BCUT2D eigenvalue weighted by molar-refractivity contribution is 6.05. The molecule has 4 aromatic carbocycles. The molecule has 4 aliphatic rings. The predicted molar refractivity (Wildman–Crippen MR) is 253 cm³/mol. The Hall–Kier alpha value is -6.74. The Morgan fingerprint density at radius 3 is 2.28 bits per heavy atom. The van der Waals surface area contributed by atoms with Crippen molar-refractivity contribution in [2.24, 2.45) is 11.3 Å². The van der Waals surface area contributed by atoms with Crippen LogP contribution in [0.1, 0.15) is 99.3 Å². The van der Waals surface area contributed by atoms with Gasteiger partial charge in [-0.1, -0.05) is 74.5 Å². The van der Waals surface area contributed by atoms with Crippen molar-refractivity contribution < 1.29 is 33.4 Å². The van der Waals surface area contributed by atoms with Gasteiger partial charge < -0.3 is 44.6 Å². The molecule has 348 valence electrons. The summed E-state index contributed by atoms with van der Waals surface area (Å²) in [5.74, 6) is 0.962. The number of carbonyl (C=O) groups excluding carboxylic acids is 4. The third-order valence-corrected chi connectivity index (χ3v) is 14.9. The van der Waals surface area contributed by atoms with Gasteiger partial charge in [0.2, 0.25) is 5.91 Å². The molecular formula is C52H58N8O7. The summed E-state index contributed by atoms with van der Waals surface area (Å²) in [5, 5.41) is 7.64. The molecule has 2 aliphatic heterocycles. The van der Waals surface area contributed by atoms with Crippen LogP contribution in [0.3, 0.4) is 0 Å². The normalized spacial score (nSPS) is 22.9. The molecule has 15 heteroatoms. The fraction of sp³-hybridized carbons (Fsp3) is 0.423. The predicted octanol–water partition coefficient (Wildman–Crippen LogP) is 8.47. The number of aromatic amines is 2. The van der Waals surface area contributed by atoms with E-state index in [1.165, 1.54) is 30.9 Å². The van der Waals surface area contributed by atoms with Crippen molar-refractivity contribution in [3.05, 3.63) is 107 Å². The van der Waals surface area contributed by atoms with E-state index in [1.54, 1.807) is 7.11 Å². The van der Waals surface area contributed by atoms with E-state index in [9.17, 15) is 19.2 Å². The number of likely N-dealkylation sites (tertiary alicyclic amines) is 2. The molecule has 1 saturated carbocycles. The second-order valence-electron chi connectivity index (χ2n) is 19.2. The van der Waals surface area contributed by atoms with Crippen molar-refractivity contribution >= 4 is 45.8 Å². The van der Waals surface area contributed by atoms with E-state index >= 15 is 0 Å². The maximum Gasteiger partial charge on any atom is 0.407 e. The van der Waals surface area contributed by atoms with Gasteiger partial charge in [-0.15, -0.1) is 0 Å². The van der Waals surface area contributed by atoms with Gasteiger partial charge in [0, 0.05) is 36.1 Å². The zero-order valence-electron chi connectivity index (χ0n) is 38.9. The zero-order chi connectivity index (χ0) is 46.7. The monoisotopic (exact) mass is 906 g/mol. The second-order valence-corrected chi connectivity index (χ2v) is 19.2. The van der Waals surface area contributed by atoms with Gasteiger partial charge in [0.15, 0.2) is 0 Å². The minimum Gasteiger partial charge on any atom is -0.453 e. The van der Waals surface area contributed by atoms with Gasteiger partial charge in [0.1, 0.15) is 23.7 Å². The fourth-order valence-electron chi connectivity index (χ4n) is 11.3. The molecule has 0 bridgehead atoms. The van der Waals surface area contributed by atoms with E-state index in [1.807, 2.05) is 67.1 Å². The number of H-pyrrole nitrogens is 2. The molecule has 2 saturated heterocycles. The molecule has 15 nitrogen and oxygen atoms in total. The van der Waals surface area contributed by atoms with E-state index in [2.05, 4.69) is 63.1 Å². The number of benzene rings is 4. The van der Waals surface area contributed by atoms with Crippen molar-refractivity contribution in [1.29, 1.82) is 0 Å². The van der Waals surface area contributed by atoms with Gasteiger partial charge in [-0.3, -0.25) is 9.59 Å². The number of hydrogen-bond donors (Lipinski definition) is 4. The van der Waals surface area contributed by atoms with Crippen molar-refractivity contribution in [1.82, 2.24) is 40.4 Å². The van der Waals surface area contributed by atoms with Crippen LogP contribution >= 0.6 is 0 Å². The minimum atomic E-state index is -0.930. The summed E-state index contributed by atoms with van der Waals surface area (Å²) in [6, 6.07) is 22.2. The van der Waals surface area contributed by atoms with Crippen LogP contribution in [-0.4, -0.2) is 99.8 Å². The second kappa shape index (κ2) is 17.5. The summed E-state index contributed by atoms with van der Waals surface area (Å²) in [6.07, 6.45) is 6.72. The van der Waals surface area contributed by atoms with E-state index in [0.717, 1.165) is 83.0 Å². The third kappa shape index (κ3) is 7.86. The lowest BCUT2D eigenvalue weighted by Gasteiger charge is -2.32. The van der Waals surface area contributed by atoms with Gasteiger partial charge in [0.25, 0.3) is 5.91 Å². The van der Waals surface area contributed by atoms with Crippen molar-refractivity contribution in [3.8, 4) is 22.4 Å². The Morgan fingerprint density at radius 2 is 1.55 bits per heavy atom. The molecule has 4 heterocycles. The number of nitrogens with one attached hydrogen (secondary N) is 4. The van der Waals surface area contributed by atoms with Crippen LogP contribution in [0.2, 0.25) is 0 Å². The number of alkyl carbamates (subject to hydrolysis) is 2. The van der Waals surface area contributed by atoms with Gasteiger partial charge in [-0.2, -0.15) is 0 Å². The zero-order valence-corrected chi connectivity index (χ0v) is 38.9. The van der Waals surface area contributed by atoms with Crippen LogP contribution in [0, 0.1) is 11.3 Å². The number of nitrogens with zero attached hydrogens (tertiary/aromatic N) is 4. The fourth-order valence-corrected chi connectivity index (χ4v) is 11.3. The molecule has 2 aliphatic carbocycles. The van der Waals surface area contributed by atoms with E-state index in [4.69, 9.17) is 24.2 Å². The van der Waals surface area contributed by atoms with Crippen LogP contribution in [0.25, 0.3) is 44.2 Å². The summed E-state index contributed by atoms with van der Waals surface area (Å²) >= 11 is 0. The number of hydrogen-bond acceptors (Lipinski definition) is 9. The standard InChI is InChI=1S/C52H58N8O7/c1-28(2)43(57-50(63)66-5)49(62)60-29(3)15-22-40(60)47-54-38-21-17-32-23-31(16-18-34(32)45(38)56-47)33-19-20-37(36-14-10-13-35(33)36)39-26-53-46(55-39)41-24-52(25-42(52)65-4)27-59(41)48(61)44(58-51(64)67-6)30-11-8-7-9-12-30/h7-9,11-12,16-21,23,26,28-29,40-44H,10,13-15,22,24-25,27H2,1-6H3,(H,53,55)(H,54,56)(H,57,63)(H,58,64)/t29-,40-,41-,42+,43-,44+,52?/m0/s1. The molecule has 4 amide bonds. The van der Waals surface area contributed by atoms with Gasteiger partial charge in [0.05, 0.1) is 55.3 Å². The maximum atomic E-state index is 14.6. The lowest BCUT2D eigenvalue weighted by molar-refractivity contribution is -0.137. The SMILES string of the molecule is COC(=O)N[C@H](C(=O)N1[C@@H](C)CC[C@H]1c1nc2c(ccc3cc(-c4ccc(-c5cnc([C@@H]6CC7(C[C@H]7OC)CN6C(=O)[C@H](NC(=O)OC)c6ccccc6)[nH]5)c5c4CCC5)ccc32)[nH]1)C(C)C. The molecule has 67 heavy (non-hydrogen) atoms. The van der Waals surface area contributed by atoms with Crippen LogP contribution in [0.5, 0.6) is 0 Å². The first-order valence-corrected chi connectivity index (χ1v) is 23.4. The first-order valence-electron chi connectivity index (χ1n) is 23.4. The highest BCUT2D eigenvalue weighted by atomic mass is 16.5. The topological polar surface area (TPSA) is 184 Å². The van der Waals surface area contributed by atoms with Crippen LogP contribution < -0.4 is 10.6 Å². The van der Waals surface area contributed by atoms with Crippen molar-refractivity contribution in [3.63, 3.8) is 0 Å². The first kappa shape index (κ1) is 44.1. The Balaban J connectivity index is 0.927. The Bertz CT molecular complexity index is 2890. The molecule has 1 unspecified atom stereocenters. The van der Waals surface area contributed by atoms with Crippen LogP contribution in [0.15, 0.2) is 79.0 Å². The Morgan fingerprint density at radius 1 is 0.806 bits per heavy atom. The molecule has 2 aromatic heterocycles. The van der Waals surface area contributed by atoms with Crippen molar-refractivity contribution in [2.45, 2.75) is 102 Å². The molecular weight excluding hydrogens is 849 g/mol. The maximum absolute atomic E-state index is 14.6. The Labute approximate surface area is 389 Å². The number of amides is 4. The summed E-state index contributed by atoms with van der Waals surface area (Å²) in [4.78, 5) is 74.4. The minimum absolute atomic E-state index is 0.0157. The van der Waals surface area contributed by atoms with Crippen LogP contribution in [-0.2, 0) is 36.6 Å². The number of fused-ring (bicyclic) bond motifs is 4. The van der Waals surface area contributed by atoms with Crippen LogP contribution in [0.4, 0.5) is 9.59 Å². The summed E-state index contributed by atoms with van der Waals surface area (Å²) in [7, 11) is 4.32. The smallest absolute Gasteiger partial charge is 0.407 e. The average Bonchev–Trinajstić information content (AvgIpc) is 4.05. The summed E-state index contributed by atoms with van der Waals surface area (Å²) in [6.45, 7) is 6.38.